The average Bonchev–Trinajstić information content (AvgIpc) is 3.40. The predicted molar refractivity (Wildman–Crippen MR) is 150 cm³/mol. The Labute approximate surface area is 226 Å². The number of aliphatic carboxylic acids is 1. The number of nitrogens with zero attached hydrogens (tertiary/aromatic N) is 2. The van der Waals surface area contributed by atoms with E-state index in [9.17, 15) is 14.7 Å². The summed E-state index contributed by atoms with van der Waals surface area (Å²) in [6, 6.07) is 29.6. The third-order valence-electron chi connectivity index (χ3n) is 6.19. The highest BCUT2D eigenvalue weighted by atomic mass is 16.5. The molecule has 7 nitrogen and oxygen atoms in total. The van der Waals surface area contributed by atoms with Crippen LogP contribution in [0.4, 0.5) is 0 Å². The summed E-state index contributed by atoms with van der Waals surface area (Å²) >= 11 is 0. The van der Waals surface area contributed by atoms with Crippen LogP contribution in [0.15, 0.2) is 109 Å². The zero-order valence-electron chi connectivity index (χ0n) is 21.1. The molecule has 0 bridgehead atoms. The molecule has 2 heterocycles. The average molecular weight is 518 g/mol. The third-order valence-corrected chi connectivity index (χ3v) is 6.19. The topological polar surface area (TPSA) is 92.9 Å². The number of aromatic nitrogens is 2. The van der Waals surface area contributed by atoms with Gasteiger partial charge in [0.05, 0.1) is 0 Å². The maximum atomic E-state index is 12.9. The third kappa shape index (κ3) is 6.78. The van der Waals surface area contributed by atoms with Crippen molar-refractivity contribution in [1.29, 1.82) is 0 Å². The van der Waals surface area contributed by atoms with Crippen molar-refractivity contribution in [3.05, 3.63) is 137 Å². The van der Waals surface area contributed by atoms with E-state index in [4.69, 9.17) is 4.74 Å². The van der Waals surface area contributed by atoms with E-state index in [0.717, 1.165) is 22.3 Å². The molecule has 5 rings (SSSR count). The zero-order valence-corrected chi connectivity index (χ0v) is 21.1. The first-order chi connectivity index (χ1) is 19.0. The smallest absolute Gasteiger partial charge is 0.326 e. The van der Waals surface area contributed by atoms with E-state index >= 15 is 0 Å². The fourth-order valence-corrected chi connectivity index (χ4v) is 4.10. The van der Waals surface area contributed by atoms with Gasteiger partial charge in [-0.3, -0.25) is 4.79 Å². The second-order valence-electron chi connectivity index (χ2n) is 9.08. The first kappa shape index (κ1) is 25.5. The lowest BCUT2D eigenvalue weighted by molar-refractivity contribution is -0.139. The van der Waals surface area contributed by atoms with Gasteiger partial charge in [-0.1, -0.05) is 84.9 Å². The van der Waals surface area contributed by atoms with Gasteiger partial charge in [-0.05, 0) is 46.5 Å². The van der Waals surface area contributed by atoms with Crippen molar-refractivity contribution in [2.24, 2.45) is 0 Å². The summed E-state index contributed by atoms with van der Waals surface area (Å²) in [5.74, 6) is -0.985. The van der Waals surface area contributed by atoms with Gasteiger partial charge in [0.15, 0.2) is 0 Å². The highest BCUT2D eigenvalue weighted by Crippen LogP contribution is 2.16. The molecule has 3 aromatic carbocycles. The second-order valence-corrected chi connectivity index (χ2v) is 9.08. The van der Waals surface area contributed by atoms with Gasteiger partial charge in [-0.15, -0.1) is 0 Å². The van der Waals surface area contributed by atoms with Crippen LogP contribution in [0.1, 0.15) is 32.7 Å². The number of fused-ring (bicyclic) bond motifs is 1. The molecule has 0 fully saturated rings. The van der Waals surface area contributed by atoms with Crippen LogP contribution < -0.4 is 10.1 Å². The van der Waals surface area contributed by atoms with Crippen LogP contribution in [0.2, 0.25) is 0 Å². The van der Waals surface area contributed by atoms with Gasteiger partial charge in [0.1, 0.15) is 29.7 Å². The van der Waals surface area contributed by atoms with E-state index in [0.29, 0.717) is 18.0 Å². The Hall–Kier alpha value is -5.17. The Bertz CT molecular complexity index is 1590. The number of carboxylic acid groups (broad SMARTS) is 1. The number of rotatable bonds is 10. The summed E-state index contributed by atoms with van der Waals surface area (Å²) in [6.07, 6.45) is 7.58. The van der Waals surface area contributed by atoms with E-state index in [-0.39, 0.29) is 12.1 Å². The largest absolute Gasteiger partial charge is 0.489 e. The fraction of sp³-hybridized carbons (Fsp3) is 0.0938. The molecule has 1 atom stereocenters. The molecular formula is C32H27N3O4. The number of amides is 1. The lowest BCUT2D eigenvalue weighted by atomic mass is 10.1. The lowest BCUT2D eigenvalue weighted by Gasteiger charge is -2.14. The second kappa shape index (κ2) is 11.9. The lowest BCUT2D eigenvalue weighted by Crippen LogP contribution is -2.42. The van der Waals surface area contributed by atoms with Crippen LogP contribution in [0.25, 0.3) is 17.8 Å². The van der Waals surface area contributed by atoms with Gasteiger partial charge >= 0.3 is 5.97 Å². The van der Waals surface area contributed by atoms with E-state index in [1.165, 1.54) is 0 Å². The van der Waals surface area contributed by atoms with Crippen LogP contribution in [0.5, 0.6) is 5.75 Å². The summed E-state index contributed by atoms with van der Waals surface area (Å²) in [5.41, 5.74) is 4.58. The Morgan fingerprint density at radius 2 is 1.51 bits per heavy atom. The summed E-state index contributed by atoms with van der Waals surface area (Å²) < 4.78 is 7.55. The molecule has 194 valence electrons. The molecule has 0 aliphatic carbocycles. The molecule has 2 N–H and O–H groups in total. The standard InChI is InChI=1S/C32H27N3O4/c36-31(29-21-35-20-25(15-18-30(35)33-29)12-11-23-7-3-1-4-8-23)34-28(32(37)38)19-24-13-16-27(17-14-24)39-22-26-9-5-2-6-10-26/h1-18,20-21,28H,19,22H2,(H,34,36)(H,37,38)/t28-/m0/s1. The molecule has 0 spiro atoms. The van der Waals surface area contributed by atoms with Crippen molar-refractivity contribution < 1.29 is 19.4 Å². The van der Waals surface area contributed by atoms with E-state index in [1.54, 1.807) is 34.9 Å². The van der Waals surface area contributed by atoms with E-state index in [2.05, 4.69) is 10.3 Å². The molecule has 0 aliphatic heterocycles. The van der Waals surface area contributed by atoms with Crippen LogP contribution in [-0.2, 0) is 17.8 Å². The first-order valence-electron chi connectivity index (χ1n) is 12.5. The minimum atomic E-state index is -1.12. The van der Waals surface area contributed by atoms with Crippen molar-refractivity contribution in [3.63, 3.8) is 0 Å². The van der Waals surface area contributed by atoms with Crippen molar-refractivity contribution in [1.82, 2.24) is 14.7 Å². The van der Waals surface area contributed by atoms with Crippen molar-refractivity contribution in [3.8, 4) is 5.75 Å². The van der Waals surface area contributed by atoms with Gasteiger partial charge in [-0.25, -0.2) is 9.78 Å². The van der Waals surface area contributed by atoms with Crippen LogP contribution >= 0.6 is 0 Å². The molecule has 1 amide bonds. The number of hydrogen-bond donors (Lipinski definition) is 2. The maximum Gasteiger partial charge on any atom is 0.326 e. The zero-order chi connectivity index (χ0) is 27.0. The highest BCUT2D eigenvalue weighted by Gasteiger charge is 2.22. The number of carbonyl (C=O) groups is 2. The molecule has 39 heavy (non-hydrogen) atoms. The number of ether oxygens (including phenoxy) is 1. The van der Waals surface area contributed by atoms with Crippen LogP contribution in [-0.4, -0.2) is 32.4 Å². The molecule has 0 saturated carbocycles. The van der Waals surface area contributed by atoms with Gasteiger partial charge in [0.25, 0.3) is 5.91 Å². The van der Waals surface area contributed by atoms with Crippen molar-refractivity contribution in [2.75, 3.05) is 0 Å². The number of hydrogen-bond acceptors (Lipinski definition) is 4. The van der Waals surface area contributed by atoms with Gasteiger partial charge in [0.2, 0.25) is 0 Å². The van der Waals surface area contributed by atoms with Crippen LogP contribution in [0, 0.1) is 0 Å². The molecule has 0 saturated heterocycles. The SMILES string of the molecule is O=C(N[C@@H](Cc1ccc(OCc2ccccc2)cc1)C(=O)O)c1cn2cc(C=Cc3ccccc3)ccc2n1. The number of pyridine rings is 1. The van der Waals surface area contributed by atoms with E-state index < -0.39 is 17.9 Å². The number of carboxylic acids is 1. The van der Waals surface area contributed by atoms with Crippen LogP contribution in [0.3, 0.4) is 0 Å². The minimum absolute atomic E-state index is 0.127. The van der Waals surface area contributed by atoms with Gasteiger partial charge in [-0.2, -0.15) is 0 Å². The number of nitrogens with one attached hydrogen (secondary N) is 1. The molecule has 0 aliphatic rings. The Morgan fingerprint density at radius 3 is 2.23 bits per heavy atom. The Kier molecular flexibility index (Phi) is 7.79. The van der Waals surface area contributed by atoms with Crippen molar-refractivity contribution in [2.45, 2.75) is 19.1 Å². The number of benzene rings is 3. The molecule has 5 aromatic rings. The highest BCUT2D eigenvalue weighted by molar-refractivity contribution is 5.95. The molecule has 7 heteroatoms. The quantitative estimate of drug-likeness (QED) is 0.255. The Balaban J connectivity index is 1.22. The number of carbonyl (C=O) groups excluding carboxylic acids is 1. The molecule has 0 unspecified atom stereocenters. The van der Waals surface area contributed by atoms with Gasteiger partial charge < -0.3 is 19.6 Å². The summed E-state index contributed by atoms with van der Waals surface area (Å²) in [6.45, 7) is 0.442. The fourth-order valence-electron chi connectivity index (χ4n) is 4.10. The van der Waals surface area contributed by atoms with Crippen molar-refractivity contribution >= 4 is 29.7 Å². The number of imidazole rings is 1. The molecule has 0 radical (unpaired) electrons. The summed E-state index contributed by atoms with van der Waals surface area (Å²) in [7, 11) is 0. The minimum Gasteiger partial charge on any atom is -0.489 e. The first-order valence-corrected chi connectivity index (χ1v) is 12.5. The molecular weight excluding hydrogens is 490 g/mol. The summed E-state index contributed by atoms with van der Waals surface area (Å²) in [4.78, 5) is 29.2. The molecule has 2 aromatic heterocycles. The summed E-state index contributed by atoms with van der Waals surface area (Å²) in [5, 5.41) is 12.4. The Morgan fingerprint density at radius 1 is 0.821 bits per heavy atom. The van der Waals surface area contributed by atoms with Gasteiger partial charge in [0, 0.05) is 18.8 Å². The predicted octanol–water partition coefficient (Wildman–Crippen LogP) is 5.51. The maximum absolute atomic E-state index is 12.9. The normalized spacial score (nSPS) is 11.9. The monoisotopic (exact) mass is 517 g/mol. The van der Waals surface area contributed by atoms with E-state index in [1.807, 2.05) is 91.1 Å².